The molecular weight excluding hydrogens is 482 g/mol. The normalized spacial score (nSPS) is 15.5. The summed E-state index contributed by atoms with van der Waals surface area (Å²) in [6.45, 7) is 9.09. The minimum atomic E-state index is -0.775. The Labute approximate surface area is 220 Å². The van der Waals surface area contributed by atoms with Crippen LogP contribution in [0.5, 0.6) is 5.75 Å². The molecule has 0 amide bonds. The summed E-state index contributed by atoms with van der Waals surface area (Å²) >= 11 is 0. The number of hydrogen-bond donors (Lipinski definition) is 2. The molecule has 3 aromatic heterocycles. The van der Waals surface area contributed by atoms with Crippen molar-refractivity contribution in [3.05, 3.63) is 53.0 Å². The Balaban J connectivity index is 1.65. The lowest BCUT2D eigenvalue weighted by Gasteiger charge is -2.46. The van der Waals surface area contributed by atoms with E-state index in [1.165, 1.54) is 0 Å². The molecular formula is C28H33N7O3. The monoisotopic (exact) mass is 515 g/mol. The van der Waals surface area contributed by atoms with Crippen LogP contribution in [0.15, 0.2) is 41.5 Å². The van der Waals surface area contributed by atoms with E-state index in [0.29, 0.717) is 18.7 Å². The number of imidazole rings is 2. The molecule has 1 aliphatic heterocycles. The largest absolute Gasteiger partial charge is 0.507 e. The number of hydrogen-bond acceptors (Lipinski definition) is 6. The van der Waals surface area contributed by atoms with Gasteiger partial charge in [-0.25, -0.2) is 9.78 Å². The molecule has 2 N–H and O–H groups in total. The number of aromatic nitrogens is 6. The zero-order valence-corrected chi connectivity index (χ0v) is 22.8. The van der Waals surface area contributed by atoms with Crippen molar-refractivity contribution < 1.29 is 10.2 Å². The molecule has 1 saturated heterocycles. The second-order valence-corrected chi connectivity index (χ2v) is 11.9. The summed E-state index contributed by atoms with van der Waals surface area (Å²) in [4.78, 5) is 20.1. The van der Waals surface area contributed by atoms with Gasteiger partial charge in [0.05, 0.1) is 45.2 Å². The van der Waals surface area contributed by atoms with E-state index in [9.17, 15) is 15.0 Å². The second-order valence-electron chi connectivity index (χ2n) is 11.9. The quantitative estimate of drug-likeness (QED) is 0.382. The van der Waals surface area contributed by atoms with Crippen LogP contribution in [0.2, 0.25) is 0 Å². The van der Waals surface area contributed by atoms with Crippen LogP contribution in [-0.4, -0.2) is 57.4 Å². The third kappa shape index (κ3) is 3.54. The molecule has 2 aromatic carbocycles. The number of rotatable bonds is 3. The molecule has 198 valence electrons. The third-order valence-electron chi connectivity index (χ3n) is 7.45. The van der Waals surface area contributed by atoms with Crippen LogP contribution in [0.25, 0.3) is 38.9 Å². The summed E-state index contributed by atoms with van der Waals surface area (Å²) in [5.41, 5.74) is 5.11. The third-order valence-corrected chi connectivity index (χ3v) is 7.45. The first-order valence-corrected chi connectivity index (χ1v) is 12.7. The van der Waals surface area contributed by atoms with Gasteiger partial charge >= 0.3 is 5.69 Å². The average Bonchev–Trinajstić information content (AvgIpc) is 3.47. The first-order chi connectivity index (χ1) is 17.7. The van der Waals surface area contributed by atoms with Gasteiger partial charge in [0, 0.05) is 63.0 Å². The lowest BCUT2D eigenvalue weighted by Crippen LogP contribution is -2.60. The van der Waals surface area contributed by atoms with Gasteiger partial charge in [-0.1, -0.05) is 20.8 Å². The Bertz CT molecular complexity index is 1800. The number of aromatic hydroxyl groups is 1. The predicted octanol–water partition coefficient (Wildman–Crippen LogP) is 3.19. The second kappa shape index (κ2) is 7.73. The molecule has 1 fully saturated rings. The molecule has 38 heavy (non-hydrogen) atoms. The molecule has 0 saturated carbocycles. The van der Waals surface area contributed by atoms with Crippen molar-refractivity contribution in [1.82, 2.24) is 28.5 Å². The van der Waals surface area contributed by atoms with E-state index < -0.39 is 5.60 Å². The van der Waals surface area contributed by atoms with Crippen molar-refractivity contribution in [3.8, 4) is 22.6 Å². The molecule has 0 bridgehead atoms. The fourth-order valence-corrected chi connectivity index (χ4v) is 5.60. The lowest BCUT2D eigenvalue weighted by molar-refractivity contribution is 0.0312. The van der Waals surface area contributed by atoms with Crippen molar-refractivity contribution >= 4 is 27.8 Å². The van der Waals surface area contributed by atoms with Crippen molar-refractivity contribution in [2.45, 2.75) is 38.7 Å². The maximum absolute atomic E-state index is 13.0. The molecule has 4 heterocycles. The summed E-state index contributed by atoms with van der Waals surface area (Å²) in [5, 5.41) is 25.8. The Hall–Kier alpha value is -4.05. The first-order valence-electron chi connectivity index (χ1n) is 12.7. The highest BCUT2D eigenvalue weighted by molar-refractivity contribution is 5.94. The fraction of sp³-hybridized carbons (Fsp3) is 0.393. The van der Waals surface area contributed by atoms with Crippen molar-refractivity contribution in [1.29, 1.82) is 0 Å². The van der Waals surface area contributed by atoms with Gasteiger partial charge < -0.3 is 15.1 Å². The molecule has 6 rings (SSSR count). The minimum Gasteiger partial charge on any atom is -0.507 e. The number of nitrogens with zero attached hydrogens (tertiary/aromatic N) is 7. The molecule has 5 aromatic rings. The SMILES string of the molecule is Cn1cc(-c2cc3nc(C(C)(C)C)n(-c4cc(N5CC(C)(O)C5)c5c(c4)n(C)c(=O)n5C)c3cc2O)cn1. The van der Waals surface area contributed by atoms with E-state index in [1.807, 2.05) is 32.3 Å². The van der Waals surface area contributed by atoms with E-state index >= 15 is 0 Å². The van der Waals surface area contributed by atoms with Gasteiger partial charge in [0.15, 0.2) is 0 Å². The average molecular weight is 516 g/mol. The highest BCUT2D eigenvalue weighted by Gasteiger charge is 2.38. The Morgan fingerprint density at radius 3 is 2.32 bits per heavy atom. The Morgan fingerprint density at radius 2 is 1.71 bits per heavy atom. The van der Waals surface area contributed by atoms with Gasteiger partial charge in [0.1, 0.15) is 11.6 Å². The van der Waals surface area contributed by atoms with Crippen molar-refractivity contribution in [3.63, 3.8) is 0 Å². The van der Waals surface area contributed by atoms with Gasteiger partial charge in [-0.3, -0.25) is 18.4 Å². The maximum atomic E-state index is 13.0. The molecule has 0 spiro atoms. The number of anilines is 1. The topological polar surface area (TPSA) is 106 Å². The standard InChI is InChI=1S/C28H33N7O3/c1-27(2,3)25-30-19-10-18(16-12-29-31(5)13-16)23(36)11-20(19)35(25)17-8-21-24(33(7)26(37)32(21)6)22(9-17)34-14-28(4,38)15-34/h8-13,36,38H,14-15H2,1-7H3. The number of benzene rings is 2. The van der Waals surface area contributed by atoms with E-state index in [-0.39, 0.29) is 16.9 Å². The van der Waals surface area contributed by atoms with E-state index in [2.05, 4.69) is 41.4 Å². The summed E-state index contributed by atoms with van der Waals surface area (Å²) < 4.78 is 7.07. The van der Waals surface area contributed by atoms with Crippen LogP contribution in [0.3, 0.4) is 0 Å². The van der Waals surface area contributed by atoms with Crippen molar-refractivity contribution in [2.24, 2.45) is 21.1 Å². The minimum absolute atomic E-state index is 0.115. The van der Waals surface area contributed by atoms with Crippen LogP contribution in [0.4, 0.5) is 5.69 Å². The lowest BCUT2D eigenvalue weighted by atomic mass is 9.95. The fourth-order valence-electron chi connectivity index (χ4n) is 5.60. The van der Waals surface area contributed by atoms with Crippen LogP contribution in [-0.2, 0) is 26.6 Å². The Morgan fingerprint density at radius 1 is 1.00 bits per heavy atom. The van der Waals surface area contributed by atoms with Gasteiger partial charge in [0.25, 0.3) is 0 Å². The van der Waals surface area contributed by atoms with E-state index in [1.54, 1.807) is 40.2 Å². The number of phenols is 1. The zero-order chi connectivity index (χ0) is 27.3. The number of aliphatic hydroxyl groups is 1. The zero-order valence-electron chi connectivity index (χ0n) is 22.8. The number of aryl methyl sites for hydroxylation is 3. The maximum Gasteiger partial charge on any atom is 0.328 e. The summed E-state index contributed by atoms with van der Waals surface area (Å²) in [7, 11) is 5.39. The van der Waals surface area contributed by atoms with Crippen LogP contribution < -0.4 is 10.6 Å². The number of phenolic OH excluding ortho intramolecular Hbond substituents is 1. The van der Waals surface area contributed by atoms with E-state index in [4.69, 9.17) is 4.98 Å². The highest BCUT2D eigenvalue weighted by Crippen LogP contribution is 2.40. The highest BCUT2D eigenvalue weighted by atomic mass is 16.3. The van der Waals surface area contributed by atoms with Crippen molar-refractivity contribution in [2.75, 3.05) is 18.0 Å². The number of fused-ring (bicyclic) bond motifs is 2. The predicted molar refractivity (Wildman–Crippen MR) is 148 cm³/mol. The van der Waals surface area contributed by atoms with Gasteiger partial charge in [0.2, 0.25) is 0 Å². The molecule has 10 heteroatoms. The summed E-state index contributed by atoms with van der Waals surface area (Å²) in [6, 6.07) is 7.71. The van der Waals surface area contributed by atoms with Gasteiger partial charge in [-0.2, -0.15) is 5.10 Å². The van der Waals surface area contributed by atoms with Crippen LogP contribution in [0, 0.1) is 0 Å². The molecule has 1 aliphatic rings. The Kier molecular flexibility index (Phi) is 4.94. The van der Waals surface area contributed by atoms with Crippen LogP contribution >= 0.6 is 0 Å². The summed E-state index contributed by atoms with van der Waals surface area (Å²) in [5.74, 6) is 0.969. The first kappa shape index (κ1) is 24.3. The molecule has 0 aliphatic carbocycles. The van der Waals surface area contributed by atoms with E-state index in [0.717, 1.165) is 44.8 Å². The van der Waals surface area contributed by atoms with Gasteiger partial charge in [-0.05, 0) is 25.1 Å². The number of β-amino-alcohol motifs (C(OH)–C–C–N with tert-alkyl or cyclic N) is 1. The van der Waals surface area contributed by atoms with Crippen LogP contribution in [0.1, 0.15) is 33.5 Å². The smallest absolute Gasteiger partial charge is 0.328 e. The molecule has 0 radical (unpaired) electrons. The molecule has 10 nitrogen and oxygen atoms in total. The van der Waals surface area contributed by atoms with Gasteiger partial charge in [-0.15, -0.1) is 0 Å². The summed E-state index contributed by atoms with van der Waals surface area (Å²) in [6.07, 6.45) is 3.58. The molecule has 0 unspecified atom stereocenters. The molecule has 0 atom stereocenters.